The van der Waals surface area contributed by atoms with E-state index >= 15 is 0 Å². The van der Waals surface area contributed by atoms with Crippen LogP contribution in [0, 0.1) is 6.92 Å². The number of hydrogen-bond donors (Lipinski definition) is 1. The summed E-state index contributed by atoms with van der Waals surface area (Å²) in [5.41, 5.74) is 9.13. The normalized spacial score (nSPS) is 11.5. The van der Waals surface area contributed by atoms with Crippen LogP contribution in [0.15, 0.2) is 64.1 Å². The van der Waals surface area contributed by atoms with E-state index in [-0.39, 0.29) is 5.56 Å². The number of nitrogens with zero attached hydrogens (tertiary/aromatic N) is 5. The summed E-state index contributed by atoms with van der Waals surface area (Å²) in [5.74, 6) is 0.515. The minimum Gasteiger partial charge on any atom is -0.454 e. The van der Waals surface area contributed by atoms with Gasteiger partial charge in [-0.3, -0.25) is 14.0 Å². The molecule has 0 aliphatic rings. The van der Waals surface area contributed by atoms with Gasteiger partial charge in [-0.1, -0.05) is 0 Å². The summed E-state index contributed by atoms with van der Waals surface area (Å²) in [7, 11) is 0. The number of pyridine rings is 1. The molecule has 4 aromatic heterocycles. The third-order valence-electron chi connectivity index (χ3n) is 4.88. The van der Waals surface area contributed by atoms with Gasteiger partial charge in [0.25, 0.3) is 5.56 Å². The van der Waals surface area contributed by atoms with E-state index in [9.17, 15) is 4.79 Å². The fraction of sp³-hybridized carbons (Fsp3) is 0.143. The van der Waals surface area contributed by atoms with E-state index in [2.05, 4.69) is 15.3 Å². The quantitative estimate of drug-likeness (QED) is 0.509. The van der Waals surface area contributed by atoms with Gasteiger partial charge < -0.3 is 10.2 Å². The van der Waals surface area contributed by atoms with Crippen LogP contribution in [0.3, 0.4) is 0 Å². The zero-order valence-corrected chi connectivity index (χ0v) is 15.7. The molecule has 0 atom stereocenters. The van der Waals surface area contributed by atoms with Crippen LogP contribution < -0.4 is 11.3 Å². The Morgan fingerprint density at radius 1 is 1.10 bits per heavy atom. The first-order valence-corrected chi connectivity index (χ1v) is 9.26. The van der Waals surface area contributed by atoms with E-state index in [0.717, 1.165) is 22.3 Å². The molecule has 0 aliphatic heterocycles. The minimum absolute atomic E-state index is 0.161. The molecule has 5 aromatic rings. The van der Waals surface area contributed by atoms with Crippen molar-refractivity contribution < 1.29 is 4.42 Å². The van der Waals surface area contributed by atoms with Gasteiger partial charge >= 0.3 is 0 Å². The van der Waals surface area contributed by atoms with Crippen LogP contribution in [0.25, 0.3) is 39.0 Å². The third kappa shape index (κ3) is 2.90. The number of aromatic nitrogens is 5. The highest BCUT2D eigenvalue weighted by Crippen LogP contribution is 2.25. The molecule has 8 heteroatoms. The largest absolute Gasteiger partial charge is 0.454 e. The number of fused-ring (bicyclic) bond motifs is 2. The van der Waals surface area contributed by atoms with Crippen molar-refractivity contribution >= 4 is 21.9 Å². The smallest absolute Gasteiger partial charge is 0.266 e. The average molecular weight is 386 g/mol. The predicted molar refractivity (Wildman–Crippen MR) is 110 cm³/mol. The van der Waals surface area contributed by atoms with Crippen molar-refractivity contribution in [1.82, 2.24) is 24.5 Å². The summed E-state index contributed by atoms with van der Waals surface area (Å²) in [6.07, 6.45) is 3.49. The van der Waals surface area contributed by atoms with Gasteiger partial charge in [0.15, 0.2) is 5.76 Å². The predicted octanol–water partition coefficient (Wildman–Crippen LogP) is 2.66. The van der Waals surface area contributed by atoms with E-state index in [1.807, 2.05) is 41.9 Å². The molecule has 144 valence electrons. The minimum atomic E-state index is -0.161. The molecule has 0 unspecified atom stereocenters. The summed E-state index contributed by atoms with van der Waals surface area (Å²) in [6.45, 7) is 3.03. The topological polar surface area (TPSA) is 105 Å². The molecule has 0 amide bonds. The first-order chi connectivity index (χ1) is 14.1. The Labute approximate surface area is 165 Å². The number of aryl methyl sites for hydroxylation is 1. The monoisotopic (exact) mass is 386 g/mol. The van der Waals surface area contributed by atoms with Gasteiger partial charge in [0.2, 0.25) is 0 Å². The van der Waals surface area contributed by atoms with E-state index in [0.29, 0.717) is 35.5 Å². The molecule has 0 saturated heterocycles. The van der Waals surface area contributed by atoms with Crippen molar-refractivity contribution in [2.45, 2.75) is 13.5 Å². The van der Waals surface area contributed by atoms with E-state index in [1.165, 1.54) is 0 Å². The van der Waals surface area contributed by atoms with Crippen LogP contribution in [0.5, 0.6) is 0 Å². The zero-order chi connectivity index (χ0) is 20.0. The van der Waals surface area contributed by atoms with Crippen LogP contribution in [0.2, 0.25) is 0 Å². The molecule has 0 saturated carbocycles. The van der Waals surface area contributed by atoms with Gasteiger partial charge in [0, 0.05) is 23.8 Å². The molecule has 0 fully saturated rings. The molecule has 4 heterocycles. The highest BCUT2D eigenvalue weighted by Gasteiger charge is 2.13. The summed E-state index contributed by atoms with van der Waals surface area (Å²) >= 11 is 0. The maximum absolute atomic E-state index is 13.1. The summed E-state index contributed by atoms with van der Waals surface area (Å²) < 4.78 is 9.28. The zero-order valence-electron chi connectivity index (χ0n) is 15.7. The second-order valence-electron chi connectivity index (χ2n) is 6.84. The van der Waals surface area contributed by atoms with Crippen molar-refractivity contribution in [2.75, 3.05) is 6.54 Å². The number of hydrogen-bond acceptors (Lipinski definition) is 6. The molecule has 2 N–H and O–H groups in total. The molecule has 0 spiro atoms. The molecular weight excluding hydrogens is 368 g/mol. The molecule has 5 rings (SSSR count). The lowest BCUT2D eigenvalue weighted by molar-refractivity contribution is 0.626. The number of benzene rings is 1. The SMILES string of the molecule is Cc1ccc(-c2cc3c(=O)n(-c4ccc5c(cnn5CCN)c4)ccc3o2)nn1. The van der Waals surface area contributed by atoms with Crippen LogP contribution in [-0.4, -0.2) is 31.1 Å². The molecule has 8 nitrogen and oxygen atoms in total. The van der Waals surface area contributed by atoms with Gasteiger partial charge in [-0.2, -0.15) is 10.2 Å². The number of furan rings is 1. The maximum atomic E-state index is 13.1. The fourth-order valence-electron chi connectivity index (χ4n) is 3.42. The van der Waals surface area contributed by atoms with Gasteiger partial charge in [0.05, 0.1) is 29.3 Å². The molecule has 0 bridgehead atoms. The Hall–Kier alpha value is -3.78. The van der Waals surface area contributed by atoms with Gasteiger partial charge in [-0.15, -0.1) is 5.10 Å². The van der Waals surface area contributed by atoms with Crippen molar-refractivity contribution in [3.05, 3.63) is 70.9 Å². The van der Waals surface area contributed by atoms with Crippen molar-refractivity contribution in [3.8, 4) is 17.1 Å². The van der Waals surface area contributed by atoms with Gasteiger partial charge in [-0.25, -0.2) is 0 Å². The molecular formula is C21H18N6O2. The van der Waals surface area contributed by atoms with Gasteiger partial charge in [0.1, 0.15) is 11.3 Å². The van der Waals surface area contributed by atoms with Crippen LogP contribution in [0.4, 0.5) is 0 Å². The lowest BCUT2D eigenvalue weighted by Gasteiger charge is -2.06. The van der Waals surface area contributed by atoms with Gasteiger partial charge in [-0.05, 0) is 49.4 Å². The van der Waals surface area contributed by atoms with E-state index in [4.69, 9.17) is 10.2 Å². The summed E-state index contributed by atoms with van der Waals surface area (Å²) in [6, 6.07) is 13.0. The number of nitrogens with two attached hydrogens (primary N) is 1. The van der Waals surface area contributed by atoms with E-state index in [1.54, 1.807) is 29.1 Å². The van der Waals surface area contributed by atoms with Crippen molar-refractivity contribution in [2.24, 2.45) is 5.73 Å². The fourth-order valence-corrected chi connectivity index (χ4v) is 3.42. The maximum Gasteiger partial charge on any atom is 0.266 e. The highest BCUT2D eigenvalue weighted by molar-refractivity contribution is 5.83. The Morgan fingerprint density at radius 3 is 2.79 bits per heavy atom. The first kappa shape index (κ1) is 17.3. The lowest BCUT2D eigenvalue weighted by Crippen LogP contribution is -2.16. The Bertz CT molecular complexity index is 1390. The Morgan fingerprint density at radius 2 is 2.00 bits per heavy atom. The van der Waals surface area contributed by atoms with Crippen molar-refractivity contribution in [3.63, 3.8) is 0 Å². The molecule has 0 aliphatic carbocycles. The average Bonchev–Trinajstić information content (AvgIpc) is 3.34. The first-order valence-electron chi connectivity index (χ1n) is 9.26. The lowest BCUT2D eigenvalue weighted by atomic mass is 10.2. The standard InChI is InChI=1S/C21H18N6O2/c1-13-2-4-17(25-24-13)20-11-16-19(29-20)6-8-26(21(16)28)15-3-5-18-14(10-15)12-23-27(18)9-7-22/h2-6,8,10-12H,7,9,22H2,1H3. The summed E-state index contributed by atoms with van der Waals surface area (Å²) in [5, 5.41) is 14.0. The van der Waals surface area contributed by atoms with Crippen LogP contribution in [0.1, 0.15) is 5.69 Å². The number of rotatable bonds is 4. The van der Waals surface area contributed by atoms with Crippen molar-refractivity contribution in [1.29, 1.82) is 0 Å². The Balaban J connectivity index is 1.60. The second kappa shape index (κ2) is 6.68. The van der Waals surface area contributed by atoms with Crippen LogP contribution >= 0.6 is 0 Å². The molecule has 0 radical (unpaired) electrons. The highest BCUT2D eigenvalue weighted by atomic mass is 16.3. The third-order valence-corrected chi connectivity index (χ3v) is 4.88. The molecule has 1 aromatic carbocycles. The Kier molecular flexibility index (Phi) is 3.99. The van der Waals surface area contributed by atoms with E-state index < -0.39 is 0 Å². The molecule has 29 heavy (non-hydrogen) atoms. The summed E-state index contributed by atoms with van der Waals surface area (Å²) in [4.78, 5) is 13.1. The second-order valence-corrected chi connectivity index (χ2v) is 6.84. The van der Waals surface area contributed by atoms with Crippen LogP contribution in [-0.2, 0) is 6.54 Å².